The maximum absolute atomic E-state index is 10.4. The smallest absolute Gasteiger partial charge is 0.0843 e. The number of benzene rings is 2. The molecule has 24 heavy (non-hydrogen) atoms. The Kier molecular flexibility index (Phi) is 5.24. The van der Waals surface area contributed by atoms with E-state index in [0.717, 1.165) is 28.2 Å². The molecule has 2 N–H and O–H groups in total. The summed E-state index contributed by atoms with van der Waals surface area (Å²) in [4.78, 5) is 0. The fourth-order valence-corrected chi connectivity index (χ4v) is 3.42. The Morgan fingerprint density at radius 2 is 1.83 bits per heavy atom. The normalized spacial score (nSPS) is 12.7. The molecule has 0 aliphatic rings. The Labute approximate surface area is 147 Å². The molecule has 3 rings (SSSR count). The predicted octanol–water partition coefficient (Wildman–Crippen LogP) is 4.06. The number of aromatic nitrogens is 1. The number of rotatable bonds is 6. The van der Waals surface area contributed by atoms with Gasteiger partial charge >= 0.3 is 0 Å². The lowest BCUT2D eigenvalue weighted by Crippen LogP contribution is -2.30. The van der Waals surface area contributed by atoms with Crippen LogP contribution in [0.4, 0.5) is 0 Å². The van der Waals surface area contributed by atoms with E-state index < -0.39 is 6.10 Å². The van der Waals surface area contributed by atoms with Crippen LogP contribution in [0.5, 0.6) is 0 Å². The first-order valence-corrected chi connectivity index (χ1v) is 8.62. The van der Waals surface area contributed by atoms with E-state index in [1.807, 2.05) is 30.3 Å². The molecule has 0 aliphatic carbocycles. The first-order chi connectivity index (χ1) is 11.6. The van der Waals surface area contributed by atoms with Crippen LogP contribution in [-0.2, 0) is 13.1 Å². The van der Waals surface area contributed by atoms with E-state index >= 15 is 0 Å². The summed E-state index contributed by atoms with van der Waals surface area (Å²) >= 11 is 6.40. The molecule has 1 heterocycles. The van der Waals surface area contributed by atoms with Gasteiger partial charge in [0.15, 0.2) is 0 Å². The second-order valence-corrected chi connectivity index (χ2v) is 6.63. The number of hydrogen-bond donors (Lipinski definition) is 2. The molecule has 0 saturated heterocycles. The van der Waals surface area contributed by atoms with Gasteiger partial charge in [-0.25, -0.2) is 0 Å². The summed E-state index contributed by atoms with van der Waals surface area (Å²) in [5, 5.41) is 15.6. The molecule has 0 fully saturated rings. The van der Waals surface area contributed by atoms with Crippen molar-refractivity contribution in [2.45, 2.75) is 33.0 Å². The minimum atomic E-state index is -0.473. The van der Waals surface area contributed by atoms with E-state index in [2.05, 4.69) is 41.9 Å². The highest BCUT2D eigenvalue weighted by Gasteiger charge is 2.15. The van der Waals surface area contributed by atoms with Gasteiger partial charge in [0.25, 0.3) is 0 Å². The minimum Gasteiger partial charge on any atom is -0.390 e. The monoisotopic (exact) mass is 342 g/mol. The maximum atomic E-state index is 10.4. The van der Waals surface area contributed by atoms with Crippen LogP contribution in [0.1, 0.15) is 16.8 Å². The number of aryl methyl sites for hydroxylation is 1. The molecule has 1 aromatic heterocycles. The average Bonchev–Trinajstić information content (AvgIpc) is 2.82. The summed E-state index contributed by atoms with van der Waals surface area (Å²) in [7, 11) is 0. The molecular weight excluding hydrogens is 320 g/mol. The van der Waals surface area contributed by atoms with Crippen LogP contribution in [0.15, 0.2) is 48.5 Å². The average molecular weight is 343 g/mol. The van der Waals surface area contributed by atoms with Crippen LogP contribution in [0.25, 0.3) is 10.9 Å². The van der Waals surface area contributed by atoms with E-state index in [-0.39, 0.29) is 0 Å². The summed E-state index contributed by atoms with van der Waals surface area (Å²) in [6.07, 6.45) is -0.473. The van der Waals surface area contributed by atoms with Gasteiger partial charge in [0, 0.05) is 24.2 Å². The molecule has 3 aromatic rings. The number of fused-ring (bicyclic) bond motifs is 1. The van der Waals surface area contributed by atoms with Gasteiger partial charge in [-0.3, -0.25) is 0 Å². The van der Waals surface area contributed by atoms with Crippen LogP contribution < -0.4 is 5.32 Å². The van der Waals surface area contributed by atoms with Crippen LogP contribution in [-0.4, -0.2) is 22.3 Å². The zero-order valence-corrected chi connectivity index (χ0v) is 14.8. The molecule has 1 unspecified atom stereocenters. The van der Waals surface area contributed by atoms with E-state index in [4.69, 9.17) is 11.6 Å². The second kappa shape index (κ2) is 7.39. The molecule has 0 aliphatic heterocycles. The first-order valence-electron chi connectivity index (χ1n) is 8.24. The highest BCUT2D eigenvalue weighted by molar-refractivity contribution is 6.35. The fourth-order valence-electron chi connectivity index (χ4n) is 3.14. The Hall–Kier alpha value is -1.81. The van der Waals surface area contributed by atoms with Gasteiger partial charge in [-0.1, -0.05) is 54.1 Å². The number of aliphatic hydroxyl groups is 1. The third-order valence-electron chi connectivity index (χ3n) is 4.55. The Morgan fingerprint density at radius 1 is 1.08 bits per heavy atom. The summed E-state index contributed by atoms with van der Waals surface area (Å²) in [5.41, 5.74) is 4.60. The summed E-state index contributed by atoms with van der Waals surface area (Å²) in [6, 6.07) is 16.2. The van der Waals surface area contributed by atoms with E-state index in [1.165, 1.54) is 11.1 Å². The zero-order chi connectivity index (χ0) is 17.1. The Balaban J connectivity index is 1.69. The molecule has 2 aromatic carbocycles. The predicted molar refractivity (Wildman–Crippen MR) is 101 cm³/mol. The van der Waals surface area contributed by atoms with Crippen molar-refractivity contribution in [2.24, 2.45) is 0 Å². The summed E-state index contributed by atoms with van der Waals surface area (Å²) < 4.78 is 2.13. The lowest BCUT2D eigenvalue weighted by Gasteiger charge is -2.16. The lowest BCUT2D eigenvalue weighted by molar-refractivity contribution is 0.152. The van der Waals surface area contributed by atoms with Gasteiger partial charge in [0.2, 0.25) is 0 Å². The van der Waals surface area contributed by atoms with Crippen molar-refractivity contribution in [1.82, 2.24) is 9.88 Å². The van der Waals surface area contributed by atoms with E-state index in [1.54, 1.807) is 0 Å². The van der Waals surface area contributed by atoms with E-state index in [0.29, 0.717) is 13.1 Å². The van der Waals surface area contributed by atoms with Crippen molar-refractivity contribution >= 4 is 22.5 Å². The molecule has 0 saturated carbocycles. The minimum absolute atomic E-state index is 0.473. The van der Waals surface area contributed by atoms with Crippen molar-refractivity contribution in [2.75, 3.05) is 6.54 Å². The highest BCUT2D eigenvalue weighted by Crippen LogP contribution is 2.30. The third-order valence-corrected chi connectivity index (χ3v) is 4.86. The number of hydrogen-bond acceptors (Lipinski definition) is 2. The highest BCUT2D eigenvalue weighted by atomic mass is 35.5. The molecule has 1 atom stereocenters. The standard InChI is InChI=1S/C20H23ClN2O/c1-14-15(2)23(20-18(14)9-6-10-19(20)21)13-17(24)12-22-11-16-7-4-3-5-8-16/h3-10,17,22,24H,11-13H2,1-2H3. The number of halogens is 1. The van der Waals surface area contributed by atoms with E-state index in [9.17, 15) is 5.11 Å². The zero-order valence-electron chi connectivity index (χ0n) is 14.1. The number of nitrogens with one attached hydrogen (secondary N) is 1. The molecular formula is C20H23ClN2O. The number of nitrogens with zero attached hydrogens (tertiary/aromatic N) is 1. The topological polar surface area (TPSA) is 37.2 Å². The van der Waals surface area contributed by atoms with Crippen LogP contribution in [0.2, 0.25) is 5.02 Å². The van der Waals surface area contributed by atoms with Crippen molar-refractivity contribution in [1.29, 1.82) is 0 Å². The quantitative estimate of drug-likeness (QED) is 0.708. The van der Waals surface area contributed by atoms with Crippen LogP contribution >= 0.6 is 11.6 Å². The SMILES string of the molecule is Cc1c(C)n(CC(O)CNCc2ccccc2)c2c(Cl)cccc12. The maximum Gasteiger partial charge on any atom is 0.0843 e. The van der Waals surface area contributed by atoms with Crippen molar-refractivity contribution in [3.8, 4) is 0 Å². The number of aliphatic hydroxyl groups excluding tert-OH is 1. The number of para-hydroxylation sites is 1. The molecule has 0 bridgehead atoms. The third kappa shape index (κ3) is 3.48. The van der Waals surface area contributed by atoms with Crippen molar-refractivity contribution in [3.05, 3.63) is 70.4 Å². The van der Waals surface area contributed by atoms with Gasteiger partial charge < -0.3 is 15.0 Å². The first kappa shape index (κ1) is 17.0. The molecule has 0 radical (unpaired) electrons. The summed E-state index contributed by atoms with van der Waals surface area (Å²) in [5.74, 6) is 0. The van der Waals surface area contributed by atoms with Crippen molar-refractivity contribution < 1.29 is 5.11 Å². The van der Waals surface area contributed by atoms with Gasteiger partial charge in [-0.2, -0.15) is 0 Å². The summed E-state index contributed by atoms with van der Waals surface area (Å²) in [6.45, 7) is 6.00. The molecule has 0 amide bonds. The van der Waals surface area contributed by atoms with Crippen LogP contribution in [0, 0.1) is 13.8 Å². The van der Waals surface area contributed by atoms with Gasteiger partial charge in [0.05, 0.1) is 23.2 Å². The molecule has 126 valence electrons. The Bertz CT molecular complexity index is 827. The van der Waals surface area contributed by atoms with Gasteiger partial charge in [0.1, 0.15) is 0 Å². The second-order valence-electron chi connectivity index (χ2n) is 6.23. The van der Waals surface area contributed by atoms with Crippen LogP contribution in [0.3, 0.4) is 0 Å². The molecule has 4 heteroatoms. The van der Waals surface area contributed by atoms with Gasteiger partial charge in [-0.15, -0.1) is 0 Å². The molecule has 0 spiro atoms. The molecule has 3 nitrogen and oxygen atoms in total. The fraction of sp³-hybridized carbons (Fsp3) is 0.300. The lowest BCUT2D eigenvalue weighted by atomic mass is 10.2. The van der Waals surface area contributed by atoms with Crippen molar-refractivity contribution in [3.63, 3.8) is 0 Å². The Morgan fingerprint density at radius 3 is 2.58 bits per heavy atom. The largest absolute Gasteiger partial charge is 0.390 e. The van der Waals surface area contributed by atoms with Gasteiger partial charge in [-0.05, 0) is 31.0 Å².